The molecule has 2 fully saturated rings. The van der Waals surface area contributed by atoms with Gasteiger partial charge in [-0.2, -0.15) is 4.31 Å². The molecule has 2 aromatic heterocycles. The number of nitrogens with zero attached hydrogens (tertiary/aromatic N) is 2. The number of hydrogen-bond donors (Lipinski definition) is 3. The van der Waals surface area contributed by atoms with Gasteiger partial charge in [0.25, 0.3) is 5.56 Å². The zero-order valence-corrected chi connectivity index (χ0v) is 14.8. The van der Waals surface area contributed by atoms with Gasteiger partial charge in [0.1, 0.15) is 10.5 Å². The van der Waals surface area contributed by atoms with E-state index in [1.807, 2.05) is 0 Å². The van der Waals surface area contributed by atoms with E-state index in [1.54, 1.807) is 0 Å². The smallest absolute Gasteiger partial charge is 0.310 e. The summed E-state index contributed by atoms with van der Waals surface area (Å²) < 4.78 is 27.3. The Morgan fingerprint density at radius 3 is 2.68 bits per heavy atom. The highest BCUT2D eigenvalue weighted by atomic mass is 35.5. The Kier molecular flexibility index (Phi) is 4.71. The monoisotopic (exact) mass is 387 g/mol. The fourth-order valence-corrected chi connectivity index (χ4v) is 4.92. The summed E-state index contributed by atoms with van der Waals surface area (Å²) in [6.07, 6.45) is 4.00. The van der Waals surface area contributed by atoms with E-state index in [9.17, 15) is 18.0 Å². The lowest BCUT2D eigenvalue weighted by atomic mass is 10.1. The van der Waals surface area contributed by atoms with Crippen LogP contribution < -0.4 is 16.6 Å². The van der Waals surface area contributed by atoms with Crippen molar-refractivity contribution >= 4 is 33.5 Å². The first-order valence-electron chi connectivity index (χ1n) is 7.82. The summed E-state index contributed by atoms with van der Waals surface area (Å²) in [7, 11) is -3.74. The van der Waals surface area contributed by atoms with Crippen LogP contribution in [0.3, 0.4) is 0 Å². The number of hydrogen-bond acceptors (Lipinski definition) is 6. The lowest BCUT2D eigenvalue weighted by molar-refractivity contribution is 0.383. The summed E-state index contributed by atoms with van der Waals surface area (Å²) in [5, 5.41) is 3.48. The maximum atomic E-state index is 12.9. The molecule has 2 aliphatic heterocycles. The van der Waals surface area contributed by atoms with Crippen molar-refractivity contribution < 1.29 is 8.42 Å². The average Bonchev–Trinajstić information content (AvgIpc) is 2.85. The summed E-state index contributed by atoms with van der Waals surface area (Å²) >= 11 is 0. The Morgan fingerprint density at radius 1 is 1.12 bits per heavy atom. The van der Waals surface area contributed by atoms with Crippen molar-refractivity contribution in [2.45, 2.75) is 36.2 Å². The van der Waals surface area contributed by atoms with E-state index < -0.39 is 21.3 Å². The summed E-state index contributed by atoms with van der Waals surface area (Å²) in [5.74, 6) is 0. The maximum Gasteiger partial charge on any atom is 0.327 e. The first kappa shape index (κ1) is 18.1. The molecule has 0 radical (unpaired) electrons. The van der Waals surface area contributed by atoms with Crippen molar-refractivity contribution in [2.75, 3.05) is 13.1 Å². The third-order valence-electron chi connectivity index (χ3n) is 4.69. The average molecular weight is 388 g/mol. The molecule has 4 heterocycles. The van der Waals surface area contributed by atoms with Gasteiger partial charge < -0.3 is 5.32 Å². The number of nitrogens with one attached hydrogen (secondary N) is 3. The predicted molar refractivity (Wildman–Crippen MR) is 93.6 cm³/mol. The zero-order chi connectivity index (χ0) is 16.9. The van der Waals surface area contributed by atoms with Crippen LogP contribution >= 0.6 is 12.4 Å². The van der Waals surface area contributed by atoms with Crippen LogP contribution in [0.25, 0.3) is 11.0 Å². The third-order valence-corrected chi connectivity index (χ3v) is 6.52. The summed E-state index contributed by atoms with van der Waals surface area (Å²) in [5.41, 5.74) is -1.26. The van der Waals surface area contributed by atoms with Gasteiger partial charge in [0.2, 0.25) is 10.0 Å². The van der Waals surface area contributed by atoms with Crippen molar-refractivity contribution in [1.82, 2.24) is 24.6 Å². The molecule has 0 saturated carbocycles. The van der Waals surface area contributed by atoms with Crippen molar-refractivity contribution in [1.29, 1.82) is 0 Å². The van der Waals surface area contributed by atoms with Crippen molar-refractivity contribution in [3.63, 3.8) is 0 Å². The fourth-order valence-electron chi connectivity index (χ4n) is 3.45. The fraction of sp³-hybridized carbons (Fsp3) is 0.500. The molecule has 2 aliphatic rings. The van der Waals surface area contributed by atoms with E-state index >= 15 is 0 Å². The lowest BCUT2D eigenvalue weighted by Crippen LogP contribution is -2.39. The van der Waals surface area contributed by atoms with Gasteiger partial charge in [-0.3, -0.25) is 14.8 Å². The molecule has 136 valence electrons. The quantitative estimate of drug-likeness (QED) is 0.640. The molecule has 9 nitrogen and oxygen atoms in total. The number of sulfonamides is 1. The van der Waals surface area contributed by atoms with Crippen LogP contribution in [0.5, 0.6) is 0 Å². The Morgan fingerprint density at radius 2 is 1.88 bits per heavy atom. The van der Waals surface area contributed by atoms with Gasteiger partial charge >= 0.3 is 5.69 Å². The van der Waals surface area contributed by atoms with E-state index in [-0.39, 0.29) is 34.4 Å². The second-order valence-corrected chi connectivity index (χ2v) is 8.20. The largest absolute Gasteiger partial charge is 0.327 e. The molecular weight excluding hydrogens is 370 g/mol. The van der Waals surface area contributed by atoms with Gasteiger partial charge in [-0.15, -0.1) is 12.4 Å². The molecule has 2 unspecified atom stereocenters. The zero-order valence-electron chi connectivity index (χ0n) is 13.2. The van der Waals surface area contributed by atoms with Crippen LogP contribution in [0, 0.1) is 0 Å². The molecule has 0 aliphatic carbocycles. The highest BCUT2D eigenvalue weighted by molar-refractivity contribution is 7.89. The maximum absolute atomic E-state index is 12.9. The molecule has 11 heteroatoms. The summed E-state index contributed by atoms with van der Waals surface area (Å²) in [6.45, 7) is 0.857. The van der Waals surface area contributed by atoms with E-state index in [1.165, 1.54) is 16.6 Å². The Hall–Kier alpha value is -1.75. The molecule has 2 aromatic rings. The minimum atomic E-state index is -3.74. The SMILES string of the molecule is Cl.O=c1[nH]c(=O)c2cc(S(=O)(=O)N3CCC4CCC(C3)N4)cnc2[nH]1. The van der Waals surface area contributed by atoms with Crippen LogP contribution in [-0.2, 0) is 10.0 Å². The molecule has 2 atom stereocenters. The van der Waals surface area contributed by atoms with Crippen molar-refractivity contribution in [3.8, 4) is 0 Å². The van der Waals surface area contributed by atoms with Crippen LogP contribution in [0.1, 0.15) is 19.3 Å². The highest BCUT2D eigenvalue weighted by Gasteiger charge is 2.35. The standard InChI is InChI=1S/C14H17N5O4S.ClH/c20-13-11-5-10(6-15-12(11)17-14(21)18-13)24(22,23)19-4-3-8-1-2-9(7-19)16-8;/h5-6,8-9,16H,1-4,7H2,(H2,15,17,18,20,21);1H. The van der Waals surface area contributed by atoms with E-state index in [0.29, 0.717) is 19.1 Å². The van der Waals surface area contributed by atoms with Gasteiger partial charge in [0, 0.05) is 31.4 Å². The normalized spacial score (nSPS) is 24.0. The Bertz CT molecular complexity index is 1020. The molecule has 3 N–H and O–H groups in total. The molecular formula is C14H18ClN5O4S. The van der Waals surface area contributed by atoms with Crippen molar-refractivity contribution in [2.24, 2.45) is 0 Å². The van der Waals surface area contributed by atoms with Gasteiger partial charge in [-0.25, -0.2) is 18.2 Å². The molecule has 25 heavy (non-hydrogen) atoms. The molecule has 2 saturated heterocycles. The van der Waals surface area contributed by atoms with Crippen LogP contribution in [0.2, 0.25) is 0 Å². The van der Waals surface area contributed by atoms with E-state index in [2.05, 4.69) is 20.3 Å². The number of aromatic nitrogens is 3. The summed E-state index contributed by atoms with van der Waals surface area (Å²) in [6, 6.07) is 1.81. The molecule has 4 rings (SSSR count). The minimum absolute atomic E-state index is 0. The first-order valence-corrected chi connectivity index (χ1v) is 9.26. The van der Waals surface area contributed by atoms with Crippen molar-refractivity contribution in [3.05, 3.63) is 33.1 Å². The molecule has 0 amide bonds. The highest BCUT2D eigenvalue weighted by Crippen LogP contribution is 2.25. The van der Waals surface area contributed by atoms with E-state index in [4.69, 9.17) is 0 Å². The molecule has 2 bridgehead atoms. The number of H-pyrrole nitrogens is 2. The van der Waals surface area contributed by atoms with Gasteiger partial charge in [0.15, 0.2) is 0 Å². The van der Waals surface area contributed by atoms with Gasteiger partial charge in [-0.05, 0) is 25.3 Å². The van der Waals surface area contributed by atoms with Gasteiger partial charge in [-0.1, -0.05) is 0 Å². The minimum Gasteiger partial charge on any atom is -0.310 e. The van der Waals surface area contributed by atoms with E-state index in [0.717, 1.165) is 19.3 Å². The van der Waals surface area contributed by atoms with Crippen LogP contribution in [0.4, 0.5) is 0 Å². The number of aromatic amines is 2. The number of fused-ring (bicyclic) bond motifs is 3. The third kappa shape index (κ3) is 3.22. The first-order chi connectivity index (χ1) is 11.4. The predicted octanol–water partition coefficient (Wildman–Crippen LogP) is -0.452. The Labute approximate surface area is 149 Å². The number of halogens is 1. The number of rotatable bonds is 2. The Balaban J connectivity index is 0.00000182. The molecule has 0 aromatic carbocycles. The van der Waals surface area contributed by atoms with Crippen LogP contribution in [0.15, 0.2) is 26.7 Å². The second-order valence-electron chi connectivity index (χ2n) is 6.27. The topological polar surface area (TPSA) is 128 Å². The molecule has 0 spiro atoms. The number of pyridine rings is 1. The second kappa shape index (κ2) is 6.52. The van der Waals surface area contributed by atoms with Crippen LogP contribution in [-0.4, -0.2) is 52.8 Å². The lowest BCUT2D eigenvalue weighted by Gasteiger charge is -2.23. The summed E-state index contributed by atoms with van der Waals surface area (Å²) in [4.78, 5) is 31.5. The van der Waals surface area contributed by atoms with Gasteiger partial charge in [0.05, 0.1) is 5.39 Å².